The average molecular weight is 269 g/mol. The summed E-state index contributed by atoms with van der Waals surface area (Å²) in [6.07, 6.45) is 1.27. The van der Waals surface area contributed by atoms with E-state index in [1.54, 1.807) is 0 Å². The van der Waals surface area contributed by atoms with Crippen LogP contribution in [0.5, 0.6) is 0 Å². The van der Waals surface area contributed by atoms with Crippen molar-refractivity contribution in [2.75, 3.05) is 5.32 Å². The van der Waals surface area contributed by atoms with Crippen LogP contribution in [0, 0.1) is 27.6 Å². The number of anilines is 2. The quantitative estimate of drug-likeness (QED) is 0.528. The summed E-state index contributed by atoms with van der Waals surface area (Å²) in [7, 11) is 0. The highest BCUT2D eigenvalue weighted by atomic mass is 19.2. The number of rotatable bonds is 3. The third kappa shape index (κ3) is 2.62. The van der Waals surface area contributed by atoms with Crippen molar-refractivity contribution in [1.82, 2.24) is 4.98 Å². The van der Waals surface area contributed by atoms with E-state index in [2.05, 4.69) is 10.3 Å². The summed E-state index contributed by atoms with van der Waals surface area (Å²) in [5.74, 6) is -4.61. The van der Waals surface area contributed by atoms with E-state index in [4.69, 9.17) is 0 Å². The van der Waals surface area contributed by atoms with Crippen molar-refractivity contribution in [2.24, 2.45) is 0 Å². The van der Waals surface area contributed by atoms with E-state index >= 15 is 0 Å². The first-order chi connectivity index (χ1) is 8.99. The van der Waals surface area contributed by atoms with Crippen LogP contribution in [0.25, 0.3) is 0 Å². The zero-order valence-corrected chi connectivity index (χ0v) is 9.23. The lowest BCUT2D eigenvalue weighted by molar-refractivity contribution is -0.384. The molecule has 19 heavy (non-hydrogen) atoms. The number of halogens is 3. The molecule has 0 atom stereocenters. The van der Waals surface area contributed by atoms with Gasteiger partial charge < -0.3 is 5.32 Å². The van der Waals surface area contributed by atoms with Gasteiger partial charge in [0.1, 0.15) is 0 Å². The van der Waals surface area contributed by atoms with Crippen LogP contribution in [0.4, 0.5) is 30.4 Å². The zero-order chi connectivity index (χ0) is 14.0. The van der Waals surface area contributed by atoms with Gasteiger partial charge in [-0.3, -0.25) is 10.1 Å². The largest absolute Gasteiger partial charge is 0.334 e. The van der Waals surface area contributed by atoms with Gasteiger partial charge in [0, 0.05) is 30.1 Å². The molecule has 1 aromatic heterocycles. The first kappa shape index (κ1) is 12.8. The molecular formula is C11H6F3N3O2. The van der Waals surface area contributed by atoms with Crippen LogP contribution in [0.15, 0.2) is 30.5 Å². The van der Waals surface area contributed by atoms with Gasteiger partial charge >= 0.3 is 5.69 Å². The third-order valence-electron chi connectivity index (χ3n) is 2.23. The number of hydrogen-bond acceptors (Lipinski definition) is 4. The molecule has 1 N–H and O–H groups in total. The van der Waals surface area contributed by atoms with Gasteiger partial charge in [-0.2, -0.15) is 0 Å². The van der Waals surface area contributed by atoms with Gasteiger partial charge in [-0.05, 0) is 6.07 Å². The predicted molar refractivity (Wildman–Crippen MR) is 60.5 cm³/mol. The Bertz CT molecular complexity index is 626. The van der Waals surface area contributed by atoms with Gasteiger partial charge in [-0.25, -0.2) is 18.2 Å². The number of pyridine rings is 1. The number of benzene rings is 1. The summed E-state index contributed by atoms with van der Waals surface area (Å²) < 4.78 is 38.7. The van der Waals surface area contributed by atoms with E-state index in [1.165, 1.54) is 18.3 Å². The molecule has 0 fully saturated rings. The van der Waals surface area contributed by atoms with Crippen LogP contribution < -0.4 is 5.32 Å². The van der Waals surface area contributed by atoms with Crippen LogP contribution >= 0.6 is 0 Å². The van der Waals surface area contributed by atoms with Crippen LogP contribution in [0.1, 0.15) is 0 Å². The molecule has 0 unspecified atom stereocenters. The topological polar surface area (TPSA) is 68.1 Å². The maximum atomic E-state index is 13.0. The minimum atomic E-state index is -1.61. The molecule has 0 spiro atoms. The first-order valence-electron chi connectivity index (χ1n) is 5.00. The molecule has 0 aliphatic rings. The van der Waals surface area contributed by atoms with Crippen LogP contribution in [0.3, 0.4) is 0 Å². The van der Waals surface area contributed by atoms with Crippen molar-refractivity contribution in [3.63, 3.8) is 0 Å². The molecule has 0 aliphatic carbocycles. The molecule has 1 aromatic carbocycles. The second kappa shape index (κ2) is 4.92. The molecule has 0 bridgehead atoms. The molecule has 0 saturated heterocycles. The Morgan fingerprint density at radius 1 is 1.21 bits per heavy atom. The number of nitro groups is 1. The fraction of sp³-hybridized carbons (Fsp3) is 0. The van der Waals surface area contributed by atoms with E-state index in [-0.39, 0.29) is 17.2 Å². The Hall–Kier alpha value is -2.64. The normalized spacial score (nSPS) is 10.3. The highest BCUT2D eigenvalue weighted by Crippen LogP contribution is 2.26. The fourth-order valence-corrected chi connectivity index (χ4v) is 1.40. The number of nitrogens with zero attached hydrogens (tertiary/aromatic N) is 2. The van der Waals surface area contributed by atoms with Crippen molar-refractivity contribution in [3.05, 3.63) is 58.0 Å². The third-order valence-corrected chi connectivity index (χ3v) is 2.23. The smallest absolute Gasteiger partial charge is 0.311 e. The van der Waals surface area contributed by atoms with Gasteiger partial charge in [-0.15, -0.1) is 0 Å². The molecule has 5 nitrogen and oxygen atoms in total. The van der Waals surface area contributed by atoms with E-state index in [9.17, 15) is 23.3 Å². The number of hydrogen-bond donors (Lipinski definition) is 1. The summed E-state index contributed by atoms with van der Waals surface area (Å²) >= 11 is 0. The SMILES string of the molecule is O=[N+]([O-])c1cccnc1Nc1cc(F)c(F)c(F)c1. The van der Waals surface area contributed by atoms with Gasteiger partial charge in [0.2, 0.25) is 5.82 Å². The van der Waals surface area contributed by atoms with Crippen LogP contribution in [-0.2, 0) is 0 Å². The summed E-state index contributed by atoms with van der Waals surface area (Å²) in [5.41, 5.74) is -0.550. The summed E-state index contributed by atoms with van der Waals surface area (Å²) in [6, 6.07) is 3.87. The lowest BCUT2D eigenvalue weighted by Crippen LogP contribution is -2.01. The Balaban J connectivity index is 2.39. The molecule has 98 valence electrons. The molecule has 2 rings (SSSR count). The van der Waals surface area contributed by atoms with E-state index in [1.807, 2.05) is 0 Å². The monoisotopic (exact) mass is 269 g/mol. The second-order valence-electron chi connectivity index (χ2n) is 3.51. The number of aromatic nitrogens is 1. The molecule has 0 amide bonds. The molecule has 0 saturated carbocycles. The lowest BCUT2D eigenvalue weighted by Gasteiger charge is -2.06. The average Bonchev–Trinajstić information content (AvgIpc) is 2.36. The van der Waals surface area contributed by atoms with Crippen LogP contribution in [0.2, 0.25) is 0 Å². The Labute approximate surface area is 104 Å². The Kier molecular flexibility index (Phi) is 3.32. The fourth-order valence-electron chi connectivity index (χ4n) is 1.40. The van der Waals surface area contributed by atoms with E-state index in [0.717, 1.165) is 0 Å². The van der Waals surface area contributed by atoms with Crippen LogP contribution in [-0.4, -0.2) is 9.91 Å². The minimum Gasteiger partial charge on any atom is -0.334 e. The minimum absolute atomic E-state index is 0.182. The molecule has 2 aromatic rings. The number of nitrogens with one attached hydrogen (secondary N) is 1. The maximum Gasteiger partial charge on any atom is 0.311 e. The van der Waals surface area contributed by atoms with Gasteiger partial charge in [0.15, 0.2) is 17.5 Å². The molecule has 0 aliphatic heterocycles. The standard InChI is InChI=1S/C11H6F3N3O2/c12-7-4-6(5-8(13)10(7)14)16-11-9(17(18)19)2-1-3-15-11/h1-5H,(H,15,16). The molecule has 0 radical (unpaired) electrons. The molecule has 8 heteroatoms. The highest BCUT2D eigenvalue weighted by Gasteiger charge is 2.16. The van der Waals surface area contributed by atoms with Gasteiger partial charge in [0.05, 0.1) is 4.92 Å². The summed E-state index contributed by atoms with van der Waals surface area (Å²) in [4.78, 5) is 13.7. The van der Waals surface area contributed by atoms with Crippen molar-refractivity contribution >= 4 is 17.2 Å². The summed E-state index contributed by atoms with van der Waals surface area (Å²) in [5, 5.41) is 13.1. The van der Waals surface area contributed by atoms with E-state index < -0.39 is 22.4 Å². The first-order valence-corrected chi connectivity index (χ1v) is 5.00. The van der Waals surface area contributed by atoms with Gasteiger partial charge in [0.25, 0.3) is 0 Å². The summed E-state index contributed by atoms with van der Waals surface area (Å²) in [6.45, 7) is 0. The Morgan fingerprint density at radius 2 is 1.84 bits per heavy atom. The second-order valence-corrected chi connectivity index (χ2v) is 3.51. The van der Waals surface area contributed by atoms with Crippen molar-refractivity contribution in [2.45, 2.75) is 0 Å². The highest BCUT2D eigenvalue weighted by molar-refractivity contribution is 5.65. The van der Waals surface area contributed by atoms with Gasteiger partial charge in [-0.1, -0.05) is 0 Å². The lowest BCUT2D eigenvalue weighted by atomic mass is 10.2. The molecular weight excluding hydrogens is 263 g/mol. The Morgan fingerprint density at radius 3 is 2.42 bits per heavy atom. The molecule has 1 heterocycles. The van der Waals surface area contributed by atoms with Crippen molar-refractivity contribution in [3.8, 4) is 0 Å². The zero-order valence-electron chi connectivity index (χ0n) is 9.23. The van der Waals surface area contributed by atoms with Crippen molar-refractivity contribution < 1.29 is 18.1 Å². The van der Waals surface area contributed by atoms with Crippen molar-refractivity contribution in [1.29, 1.82) is 0 Å². The maximum absolute atomic E-state index is 13.0. The van der Waals surface area contributed by atoms with E-state index in [0.29, 0.717) is 12.1 Å². The predicted octanol–water partition coefficient (Wildman–Crippen LogP) is 3.15.